The van der Waals surface area contributed by atoms with Gasteiger partial charge >= 0.3 is 5.69 Å². The van der Waals surface area contributed by atoms with Gasteiger partial charge in [-0.3, -0.25) is 13.9 Å². The van der Waals surface area contributed by atoms with Gasteiger partial charge in [0.05, 0.1) is 0 Å². The highest BCUT2D eigenvalue weighted by molar-refractivity contribution is 5.60. The Kier molecular flexibility index (Phi) is 4.70. The van der Waals surface area contributed by atoms with Gasteiger partial charge in [0, 0.05) is 20.1 Å². The Bertz CT molecular complexity index is 760. The van der Waals surface area contributed by atoms with Crippen molar-refractivity contribution in [2.45, 2.75) is 26.9 Å². The van der Waals surface area contributed by atoms with Crippen LogP contribution in [0.25, 0.3) is 0 Å². The van der Waals surface area contributed by atoms with E-state index in [1.807, 2.05) is 44.2 Å². The van der Waals surface area contributed by atoms with Crippen molar-refractivity contribution in [3.05, 3.63) is 56.7 Å². The predicted octanol–water partition coefficient (Wildman–Crippen LogP) is 1.40. The van der Waals surface area contributed by atoms with Crippen LogP contribution in [0.15, 0.2) is 39.9 Å². The van der Waals surface area contributed by atoms with Crippen LogP contribution in [0.1, 0.15) is 19.4 Å². The first-order valence-electron chi connectivity index (χ1n) is 7.29. The Morgan fingerprint density at radius 3 is 2.41 bits per heavy atom. The van der Waals surface area contributed by atoms with E-state index in [0.29, 0.717) is 13.1 Å². The molecule has 118 valence electrons. The molecule has 6 nitrogen and oxygen atoms in total. The molecule has 0 atom stereocenters. The third-order valence-corrected chi connectivity index (χ3v) is 3.44. The van der Waals surface area contributed by atoms with E-state index in [4.69, 9.17) is 5.73 Å². The van der Waals surface area contributed by atoms with Gasteiger partial charge in [-0.25, -0.2) is 4.79 Å². The first-order valence-corrected chi connectivity index (χ1v) is 7.29. The lowest BCUT2D eigenvalue weighted by Gasteiger charge is -2.17. The van der Waals surface area contributed by atoms with Crippen LogP contribution in [0, 0.1) is 5.92 Å². The van der Waals surface area contributed by atoms with E-state index in [-0.39, 0.29) is 23.1 Å². The van der Waals surface area contributed by atoms with Gasteiger partial charge in [-0.05, 0) is 11.5 Å². The van der Waals surface area contributed by atoms with E-state index >= 15 is 0 Å². The number of aromatic nitrogens is 2. The third kappa shape index (κ3) is 3.21. The molecule has 0 saturated heterocycles. The summed E-state index contributed by atoms with van der Waals surface area (Å²) in [6, 6.07) is 9.70. The van der Waals surface area contributed by atoms with E-state index in [9.17, 15) is 9.59 Å². The zero-order chi connectivity index (χ0) is 16.3. The van der Waals surface area contributed by atoms with Crippen LogP contribution < -0.4 is 22.3 Å². The lowest BCUT2D eigenvalue weighted by Crippen LogP contribution is -2.41. The Labute approximate surface area is 129 Å². The number of hydrogen-bond donors (Lipinski definition) is 2. The minimum Gasteiger partial charge on any atom is -0.383 e. The summed E-state index contributed by atoms with van der Waals surface area (Å²) in [5, 5.41) is 3.06. The topological polar surface area (TPSA) is 82.0 Å². The van der Waals surface area contributed by atoms with E-state index in [2.05, 4.69) is 5.32 Å². The normalized spacial score (nSPS) is 10.9. The largest absolute Gasteiger partial charge is 0.383 e. The standard InChI is InChI=1S/C16H22N4O2/c1-11(2)10-20-14(17)13(15(21)19(3)16(20)22)18-9-12-7-5-4-6-8-12/h4-8,11,18H,9-10,17H2,1-3H3. The van der Waals surface area contributed by atoms with E-state index in [1.54, 1.807) is 0 Å². The quantitative estimate of drug-likeness (QED) is 0.874. The molecule has 2 aromatic rings. The molecule has 6 heteroatoms. The summed E-state index contributed by atoms with van der Waals surface area (Å²) in [6.45, 7) is 4.93. The molecule has 0 spiro atoms. The van der Waals surface area contributed by atoms with Gasteiger partial charge in [0.2, 0.25) is 0 Å². The Balaban J connectivity index is 2.40. The smallest absolute Gasteiger partial charge is 0.332 e. The molecule has 0 radical (unpaired) electrons. The number of nitrogens with zero attached hydrogens (tertiary/aromatic N) is 2. The number of anilines is 2. The molecule has 1 aromatic heterocycles. The van der Waals surface area contributed by atoms with Crippen LogP contribution in [0.2, 0.25) is 0 Å². The highest BCUT2D eigenvalue weighted by Gasteiger charge is 2.15. The maximum Gasteiger partial charge on any atom is 0.332 e. The van der Waals surface area contributed by atoms with Crippen molar-refractivity contribution >= 4 is 11.5 Å². The minimum absolute atomic E-state index is 0.192. The van der Waals surface area contributed by atoms with Crippen molar-refractivity contribution in [1.82, 2.24) is 9.13 Å². The van der Waals surface area contributed by atoms with Crippen molar-refractivity contribution < 1.29 is 0 Å². The number of nitrogens with two attached hydrogens (primary N) is 1. The van der Waals surface area contributed by atoms with E-state index in [0.717, 1.165) is 10.1 Å². The van der Waals surface area contributed by atoms with Crippen molar-refractivity contribution in [2.75, 3.05) is 11.1 Å². The third-order valence-electron chi connectivity index (χ3n) is 3.44. The molecule has 0 aliphatic heterocycles. The minimum atomic E-state index is -0.404. The first-order chi connectivity index (χ1) is 10.4. The van der Waals surface area contributed by atoms with Gasteiger partial charge in [-0.15, -0.1) is 0 Å². The maximum atomic E-state index is 12.3. The molecule has 2 rings (SSSR count). The second-order valence-corrected chi connectivity index (χ2v) is 5.75. The maximum absolute atomic E-state index is 12.3. The second-order valence-electron chi connectivity index (χ2n) is 5.75. The van der Waals surface area contributed by atoms with Crippen molar-refractivity contribution in [3.63, 3.8) is 0 Å². The summed E-state index contributed by atoms with van der Waals surface area (Å²) in [5.74, 6) is 0.442. The summed E-state index contributed by atoms with van der Waals surface area (Å²) in [4.78, 5) is 24.5. The number of benzene rings is 1. The molecule has 0 unspecified atom stereocenters. The Hall–Kier alpha value is -2.50. The number of nitrogens with one attached hydrogen (secondary N) is 1. The Morgan fingerprint density at radius 1 is 1.18 bits per heavy atom. The monoisotopic (exact) mass is 302 g/mol. The van der Waals surface area contributed by atoms with Gasteiger partial charge in [0.15, 0.2) is 0 Å². The average molecular weight is 302 g/mol. The molecular formula is C16H22N4O2. The van der Waals surface area contributed by atoms with Gasteiger partial charge in [0.1, 0.15) is 11.5 Å². The van der Waals surface area contributed by atoms with E-state index in [1.165, 1.54) is 11.6 Å². The number of hydrogen-bond acceptors (Lipinski definition) is 4. The second kappa shape index (κ2) is 6.51. The average Bonchev–Trinajstić information content (AvgIpc) is 2.50. The van der Waals surface area contributed by atoms with Crippen LogP contribution in [0.5, 0.6) is 0 Å². The molecule has 0 amide bonds. The van der Waals surface area contributed by atoms with Crippen LogP contribution in [0.4, 0.5) is 11.5 Å². The van der Waals surface area contributed by atoms with Crippen molar-refractivity contribution in [3.8, 4) is 0 Å². The molecular weight excluding hydrogens is 280 g/mol. The molecule has 1 aromatic carbocycles. The van der Waals surface area contributed by atoms with Crippen LogP contribution in [-0.2, 0) is 20.1 Å². The van der Waals surface area contributed by atoms with Crippen molar-refractivity contribution in [2.24, 2.45) is 13.0 Å². The fraction of sp³-hybridized carbons (Fsp3) is 0.375. The van der Waals surface area contributed by atoms with E-state index < -0.39 is 5.56 Å². The molecule has 0 aliphatic carbocycles. The van der Waals surface area contributed by atoms with Crippen molar-refractivity contribution in [1.29, 1.82) is 0 Å². The summed E-state index contributed by atoms with van der Waals surface area (Å²) in [5.41, 5.74) is 6.56. The molecule has 0 saturated carbocycles. The highest BCUT2D eigenvalue weighted by atomic mass is 16.2. The fourth-order valence-electron chi connectivity index (χ4n) is 2.28. The number of rotatable bonds is 5. The molecule has 1 heterocycles. The molecule has 22 heavy (non-hydrogen) atoms. The molecule has 3 N–H and O–H groups in total. The zero-order valence-electron chi connectivity index (χ0n) is 13.2. The van der Waals surface area contributed by atoms with Gasteiger partial charge < -0.3 is 11.1 Å². The lowest BCUT2D eigenvalue weighted by atomic mass is 10.2. The summed E-state index contributed by atoms with van der Waals surface area (Å²) >= 11 is 0. The fourth-order valence-corrected chi connectivity index (χ4v) is 2.28. The Morgan fingerprint density at radius 2 is 1.82 bits per heavy atom. The van der Waals surface area contributed by atoms with Gasteiger partial charge in [-0.2, -0.15) is 0 Å². The molecule has 0 bridgehead atoms. The predicted molar refractivity (Wildman–Crippen MR) is 89.0 cm³/mol. The van der Waals surface area contributed by atoms with Crippen LogP contribution >= 0.6 is 0 Å². The van der Waals surface area contributed by atoms with Gasteiger partial charge in [0.25, 0.3) is 5.56 Å². The zero-order valence-corrected chi connectivity index (χ0v) is 13.2. The summed E-state index contributed by atoms with van der Waals surface area (Å²) < 4.78 is 2.53. The molecule has 0 fully saturated rings. The summed E-state index contributed by atoms with van der Waals surface area (Å²) in [6.07, 6.45) is 0. The van der Waals surface area contributed by atoms with Crippen LogP contribution in [0.3, 0.4) is 0 Å². The molecule has 0 aliphatic rings. The number of nitrogen functional groups attached to an aromatic ring is 1. The first kappa shape index (κ1) is 15.9. The highest BCUT2D eigenvalue weighted by Crippen LogP contribution is 2.13. The summed E-state index contributed by atoms with van der Waals surface area (Å²) in [7, 11) is 1.47. The van der Waals surface area contributed by atoms with Crippen LogP contribution in [-0.4, -0.2) is 9.13 Å². The van der Waals surface area contributed by atoms with Gasteiger partial charge in [-0.1, -0.05) is 44.2 Å². The SMILES string of the molecule is CC(C)Cn1c(N)c(NCc2ccccc2)c(=O)n(C)c1=O. The lowest BCUT2D eigenvalue weighted by molar-refractivity contribution is 0.494.